The molecule has 5 N–H and O–H groups in total. The third-order valence-corrected chi connectivity index (χ3v) is 12.6. The van der Waals surface area contributed by atoms with Crippen molar-refractivity contribution in [2.24, 2.45) is 0 Å². The Morgan fingerprint density at radius 2 is 1.53 bits per heavy atom. The van der Waals surface area contributed by atoms with E-state index in [1.165, 1.54) is 44.3 Å². The monoisotopic (exact) mass is 1070 g/mol. The van der Waals surface area contributed by atoms with E-state index in [-0.39, 0.29) is 46.9 Å². The summed E-state index contributed by atoms with van der Waals surface area (Å²) in [6, 6.07) is 7.21. The number of rotatable bonds is 15. The first-order valence-corrected chi connectivity index (χ1v) is 27.7. The van der Waals surface area contributed by atoms with Crippen LogP contribution >= 0.6 is 30.8 Å². The van der Waals surface area contributed by atoms with E-state index in [0.717, 1.165) is 25.1 Å². The second kappa shape index (κ2) is 27.1. The lowest BCUT2D eigenvalue weighted by molar-refractivity contribution is -0.193. The summed E-state index contributed by atoms with van der Waals surface area (Å²) in [4.78, 5) is 88.8. The van der Waals surface area contributed by atoms with E-state index in [0.29, 0.717) is 51.2 Å². The molecule has 29 heteroatoms. The summed E-state index contributed by atoms with van der Waals surface area (Å²) < 4.78 is 75.4. The number of aromatic nitrogens is 3. The Kier molecular flexibility index (Phi) is 23.5. The molecule has 0 spiro atoms. The number of benzene rings is 1. The van der Waals surface area contributed by atoms with Crippen molar-refractivity contribution in [3.63, 3.8) is 0 Å². The number of nitrogens with zero attached hydrogens (tertiary/aromatic N) is 4. The summed E-state index contributed by atoms with van der Waals surface area (Å²) in [7, 11) is -9.56. The smallest absolute Gasteiger partial charge is 0.349 e. The summed E-state index contributed by atoms with van der Waals surface area (Å²) in [5, 5.41) is 11.5. The van der Waals surface area contributed by atoms with Crippen molar-refractivity contribution < 1.29 is 74.5 Å². The molecule has 2 aromatic heterocycles. The number of nitrogens with one attached hydrogen (secondary N) is 3. The highest BCUT2D eigenvalue weighted by atomic mass is 35.5. The number of amides is 4. The molecule has 374 valence electrons. The number of esters is 1. The number of sulfone groups is 1. The number of hydrogen-bond acceptors (Lipinski definition) is 18. The first kappa shape index (κ1) is 58.9. The van der Waals surface area contributed by atoms with Gasteiger partial charge < -0.3 is 33.7 Å². The highest BCUT2D eigenvalue weighted by Crippen LogP contribution is 2.37. The van der Waals surface area contributed by atoms with Crippen LogP contribution in [0, 0.1) is 0 Å². The Morgan fingerprint density at radius 3 is 2.01 bits per heavy atom. The van der Waals surface area contributed by atoms with Crippen molar-refractivity contribution in [1.82, 2.24) is 25.0 Å². The van der Waals surface area contributed by atoms with E-state index >= 15 is 0 Å². The standard InChI is InChI=1S/C19H17Cl2NO4.C14H17N5O7S2.C3H8NO5P.C3H9S/c1-2-26-19(25)16(21)10-11-9-12(7-8-15(11)20)22-17(23)13-5-3-4-6-14(13)18(22)24;1-4-27(21,22)9-6-5-7-15-12(9)28(23,24)19-14(20)18-13-16-10(25-2)8-11(17-13)26-3;5-3(6)1-4-2-10(7,8)9;1-4(2)3/h7-10H,2-6H2,1H3;5-8H,4H2,1-3H3,(H2,16,17,18,19,20);4H,1-2H2,(H,5,6)(H2,7,8,9);1-3H3/q;;;+1/p-1/b16-10-;;;. The molecule has 23 nitrogen and oxygen atoms in total. The second-order valence-electron chi connectivity index (χ2n) is 13.9. The van der Waals surface area contributed by atoms with Crippen LogP contribution in [0.15, 0.2) is 68.7 Å². The molecule has 1 aromatic carbocycles. The van der Waals surface area contributed by atoms with Gasteiger partial charge in [-0.1, -0.05) is 30.1 Å². The number of urea groups is 1. The van der Waals surface area contributed by atoms with Crippen LogP contribution in [-0.4, -0.2) is 130 Å². The van der Waals surface area contributed by atoms with Crippen LogP contribution in [0.4, 0.5) is 16.4 Å². The number of carbonyl (C=O) groups is 5. The summed E-state index contributed by atoms with van der Waals surface area (Å²) in [5.41, 5.74) is 2.04. The molecule has 5 rings (SSSR count). The lowest BCUT2D eigenvalue weighted by Crippen LogP contribution is -2.36. The maximum absolute atomic E-state index is 12.7. The fourth-order valence-corrected chi connectivity index (χ4v) is 8.68. The van der Waals surface area contributed by atoms with Crippen LogP contribution in [0.2, 0.25) is 5.02 Å². The van der Waals surface area contributed by atoms with Gasteiger partial charge in [-0.25, -0.2) is 32.6 Å². The molecule has 68 heavy (non-hydrogen) atoms. The average molecular weight is 1070 g/mol. The third-order valence-electron chi connectivity index (χ3n) is 8.22. The Balaban J connectivity index is 0.000000367. The number of carboxylic acids is 1. The van der Waals surface area contributed by atoms with Gasteiger partial charge in [-0.05, 0) is 85.5 Å². The minimum atomic E-state index is -4.61. The lowest BCUT2D eigenvalue weighted by atomic mass is 9.93. The van der Waals surface area contributed by atoms with E-state index in [2.05, 4.69) is 39.0 Å². The van der Waals surface area contributed by atoms with E-state index in [1.54, 1.807) is 29.8 Å². The molecular formula is C39H50Cl2N7O16PS3. The molecule has 3 aromatic rings. The Labute approximate surface area is 405 Å². The Morgan fingerprint density at radius 1 is 0.971 bits per heavy atom. The number of methoxy groups -OCH3 is 2. The van der Waals surface area contributed by atoms with Gasteiger partial charge in [0.25, 0.3) is 21.8 Å². The number of sulfonamides is 1. The molecule has 1 aliphatic carbocycles. The molecular weight excluding hydrogens is 1020 g/mol. The number of aliphatic carboxylic acids is 1. The maximum atomic E-state index is 12.7. The normalized spacial score (nSPS) is 14.4. The molecule has 3 heterocycles. The van der Waals surface area contributed by atoms with Gasteiger partial charge in [-0.3, -0.25) is 25.0 Å². The largest absolute Gasteiger partial charge is 0.778 e. The van der Waals surface area contributed by atoms with Gasteiger partial charge in [0.05, 0.1) is 69.9 Å². The van der Waals surface area contributed by atoms with Crippen molar-refractivity contribution in [1.29, 1.82) is 0 Å². The van der Waals surface area contributed by atoms with Crippen molar-refractivity contribution in [2.75, 3.05) is 68.4 Å². The minimum Gasteiger partial charge on any atom is -0.778 e. The molecule has 0 radical (unpaired) electrons. The van der Waals surface area contributed by atoms with Gasteiger partial charge in [0.15, 0.2) is 14.9 Å². The van der Waals surface area contributed by atoms with Crippen LogP contribution in [-0.2, 0) is 59.2 Å². The van der Waals surface area contributed by atoms with Crippen LogP contribution in [0.25, 0.3) is 6.08 Å². The second-order valence-corrected chi connectivity index (χ2v) is 22.6. The predicted molar refractivity (Wildman–Crippen MR) is 252 cm³/mol. The number of pyridine rings is 1. The molecule has 4 amide bonds. The summed E-state index contributed by atoms with van der Waals surface area (Å²) in [5.74, 6) is -2.92. The van der Waals surface area contributed by atoms with Crippen LogP contribution in [0.1, 0.15) is 45.1 Å². The first-order chi connectivity index (χ1) is 31.7. The summed E-state index contributed by atoms with van der Waals surface area (Å²) in [6.07, 6.45) is 11.4. The number of carbonyl (C=O) groups excluding carboxylic acids is 4. The maximum Gasteiger partial charge on any atom is 0.349 e. The van der Waals surface area contributed by atoms with Crippen LogP contribution < -0.4 is 34.6 Å². The number of anilines is 2. The summed E-state index contributed by atoms with van der Waals surface area (Å²) >= 11 is 12.1. The van der Waals surface area contributed by atoms with E-state index < -0.39 is 68.2 Å². The quantitative estimate of drug-likeness (QED) is 0.0480. The van der Waals surface area contributed by atoms with Gasteiger partial charge in [0.2, 0.25) is 17.7 Å². The van der Waals surface area contributed by atoms with Gasteiger partial charge >= 0.3 is 18.0 Å². The molecule has 0 saturated carbocycles. The minimum absolute atomic E-state index is 0.0612. The number of imide groups is 1. The number of halogens is 2. The van der Waals surface area contributed by atoms with Crippen molar-refractivity contribution in [3.8, 4) is 11.8 Å². The predicted octanol–water partition coefficient (Wildman–Crippen LogP) is 3.08. The zero-order chi connectivity index (χ0) is 51.6. The molecule has 1 aliphatic heterocycles. The van der Waals surface area contributed by atoms with E-state index in [1.807, 2.05) is 5.32 Å². The number of ether oxygens (including phenoxy) is 3. The molecule has 2 aliphatic rings. The zero-order valence-electron chi connectivity index (χ0n) is 37.6. The fourth-order valence-electron chi connectivity index (χ4n) is 5.39. The van der Waals surface area contributed by atoms with E-state index in [4.69, 9.17) is 47.4 Å². The first-order valence-electron chi connectivity index (χ1n) is 19.6. The molecule has 1 atom stereocenters. The van der Waals surface area contributed by atoms with Crippen LogP contribution in [0.3, 0.4) is 0 Å². The zero-order valence-corrected chi connectivity index (χ0v) is 42.5. The van der Waals surface area contributed by atoms with Crippen LogP contribution in [0.5, 0.6) is 11.8 Å². The van der Waals surface area contributed by atoms with Crippen molar-refractivity contribution in [3.05, 3.63) is 69.4 Å². The Hall–Kier alpha value is -5.18. The van der Waals surface area contributed by atoms with Gasteiger partial charge in [-0.2, -0.15) is 18.4 Å². The lowest BCUT2D eigenvalue weighted by Gasteiger charge is -2.16. The molecule has 0 saturated heterocycles. The summed E-state index contributed by atoms with van der Waals surface area (Å²) in [6.45, 7) is 2.75. The molecule has 0 bridgehead atoms. The number of hydrogen-bond donors (Lipinski definition) is 5. The van der Waals surface area contributed by atoms with Crippen molar-refractivity contribution in [2.45, 2.75) is 49.5 Å². The molecule has 0 fully saturated rings. The van der Waals surface area contributed by atoms with Gasteiger partial charge in [0.1, 0.15) is 17.5 Å². The average Bonchev–Trinajstić information content (AvgIpc) is 3.52. The highest BCUT2D eigenvalue weighted by molar-refractivity contribution is 7.94. The Bertz CT molecular complexity index is 2610. The highest BCUT2D eigenvalue weighted by Gasteiger charge is 2.40. The fraction of sp³-hybridized carbons (Fsp3) is 0.385. The number of carboxylic acid groups (broad SMARTS) is 1. The van der Waals surface area contributed by atoms with Crippen molar-refractivity contribution >= 4 is 109 Å². The van der Waals surface area contributed by atoms with Gasteiger partial charge in [0, 0.05) is 22.4 Å². The third kappa shape index (κ3) is 18.7. The topological polar surface area (TPSA) is 340 Å². The molecule has 1 unspecified atom stereocenters. The SMILES string of the molecule is CCOC(=O)/C(Cl)=C/c1cc(N2C(=O)C3=C(CCCC3)C2=O)ccc1Cl.CCS(=O)(=O)c1cccnc1S(=O)(=O)NC(=O)Nc1nc(OC)cc(OC)n1.C[S+](C)C.O=C(O)CNCP(=O)([O-])O. The van der Waals surface area contributed by atoms with E-state index in [9.17, 15) is 50.3 Å². The van der Waals surface area contributed by atoms with Gasteiger partial charge in [-0.15, -0.1) is 0 Å².